The molecule has 0 fully saturated rings. The number of nitrogens with zero attached hydrogens (tertiary/aromatic N) is 2. The van der Waals surface area contributed by atoms with Crippen molar-refractivity contribution >= 4 is 33.4 Å². The Balaban J connectivity index is 2.00. The molecule has 0 spiro atoms. The Kier molecular flexibility index (Phi) is 3.21. The van der Waals surface area contributed by atoms with Gasteiger partial charge in [0.15, 0.2) is 4.96 Å². The summed E-state index contributed by atoms with van der Waals surface area (Å²) in [5, 5.41) is 0. The molecule has 0 atom stereocenters. The van der Waals surface area contributed by atoms with Gasteiger partial charge in [-0.05, 0) is 29.8 Å². The van der Waals surface area contributed by atoms with E-state index in [-0.39, 0.29) is 15.7 Å². The van der Waals surface area contributed by atoms with Gasteiger partial charge in [-0.15, -0.1) is 0 Å². The van der Waals surface area contributed by atoms with Crippen molar-refractivity contribution in [3.05, 3.63) is 74.5 Å². The van der Waals surface area contributed by atoms with Gasteiger partial charge in [0, 0.05) is 0 Å². The quantitative estimate of drug-likeness (QED) is 0.529. The molecule has 4 rings (SSSR count). The molecule has 0 saturated heterocycles. The molecule has 0 aliphatic carbocycles. The number of para-hydroxylation sites is 2. The summed E-state index contributed by atoms with van der Waals surface area (Å²) in [6.45, 7) is 0. The van der Waals surface area contributed by atoms with Crippen LogP contribution in [0.1, 0.15) is 11.1 Å². The lowest BCUT2D eigenvalue weighted by Gasteiger charge is -2.09. The van der Waals surface area contributed by atoms with E-state index in [0.717, 1.165) is 17.4 Å². The molecule has 120 valence electrons. The van der Waals surface area contributed by atoms with Crippen molar-refractivity contribution in [2.24, 2.45) is 0 Å². The summed E-state index contributed by atoms with van der Waals surface area (Å²) < 4.78 is 40.9. The van der Waals surface area contributed by atoms with E-state index in [9.17, 15) is 18.0 Å². The monoisotopic (exact) mass is 346 g/mol. The zero-order valence-corrected chi connectivity index (χ0v) is 12.9. The highest BCUT2D eigenvalue weighted by atomic mass is 32.1. The van der Waals surface area contributed by atoms with Gasteiger partial charge < -0.3 is 0 Å². The van der Waals surface area contributed by atoms with Crippen LogP contribution >= 0.6 is 11.3 Å². The Bertz CT molecular complexity index is 1170. The molecule has 24 heavy (non-hydrogen) atoms. The molecule has 2 heterocycles. The van der Waals surface area contributed by atoms with Gasteiger partial charge in [0.2, 0.25) is 0 Å². The van der Waals surface area contributed by atoms with Crippen molar-refractivity contribution in [2.75, 3.05) is 0 Å². The number of rotatable bonds is 1. The Hall–Kier alpha value is -2.67. The zero-order valence-electron chi connectivity index (χ0n) is 12.0. The molecule has 2 aromatic heterocycles. The molecule has 0 unspecified atom stereocenters. The maximum absolute atomic E-state index is 13.1. The molecule has 0 aliphatic rings. The van der Waals surface area contributed by atoms with Gasteiger partial charge in [-0.3, -0.25) is 4.79 Å². The van der Waals surface area contributed by atoms with Crippen LogP contribution in [0.25, 0.3) is 22.1 Å². The number of thiazole rings is 1. The summed E-state index contributed by atoms with van der Waals surface area (Å²) in [7, 11) is 0. The molecule has 7 heteroatoms. The lowest BCUT2D eigenvalue weighted by atomic mass is 10.1. The third-order valence-electron chi connectivity index (χ3n) is 3.70. The first-order valence-corrected chi connectivity index (χ1v) is 7.85. The van der Waals surface area contributed by atoms with Crippen LogP contribution in [0.5, 0.6) is 0 Å². The van der Waals surface area contributed by atoms with Crippen molar-refractivity contribution < 1.29 is 13.2 Å². The molecule has 0 radical (unpaired) electrons. The van der Waals surface area contributed by atoms with Crippen LogP contribution in [0.15, 0.2) is 53.3 Å². The van der Waals surface area contributed by atoms with Gasteiger partial charge in [0.1, 0.15) is 0 Å². The van der Waals surface area contributed by atoms with Crippen molar-refractivity contribution in [3.8, 4) is 0 Å². The zero-order chi connectivity index (χ0) is 16.9. The molecule has 2 aromatic carbocycles. The van der Waals surface area contributed by atoms with Crippen LogP contribution in [0.4, 0.5) is 13.2 Å². The van der Waals surface area contributed by atoms with Crippen LogP contribution in [-0.4, -0.2) is 9.38 Å². The van der Waals surface area contributed by atoms with E-state index in [1.54, 1.807) is 18.2 Å². The number of imidazole rings is 1. The first-order valence-electron chi connectivity index (χ1n) is 7.03. The first kappa shape index (κ1) is 14.9. The number of hydrogen-bond donors (Lipinski definition) is 0. The highest BCUT2D eigenvalue weighted by Crippen LogP contribution is 2.32. The van der Waals surface area contributed by atoms with Crippen molar-refractivity contribution in [1.82, 2.24) is 9.38 Å². The van der Waals surface area contributed by atoms with E-state index >= 15 is 0 Å². The molecule has 0 N–H and O–H groups in total. The number of fused-ring (bicyclic) bond motifs is 3. The van der Waals surface area contributed by atoms with Crippen LogP contribution in [0.3, 0.4) is 0 Å². The first-order chi connectivity index (χ1) is 11.4. The van der Waals surface area contributed by atoms with E-state index < -0.39 is 11.7 Å². The summed E-state index contributed by atoms with van der Waals surface area (Å²) in [4.78, 5) is 17.4. The van der Waals surface area contributed by atoms with Gasteiger partial charge in [-0.25, -0.2) is 9.38 Å². The molecule has 0 amide bonds. The number of aromatic nitrogens is 2. The Morgan fingerprint density at radius 1 is 1.04 bits per heavy atom. The van der Waals surface area contributed by atoms with Gasteiger partial charge in [0.05, 0.1) is 21.1 Å². The van der Waals surface area contributed by atoms with Crippen molar-refractivity contribution in [1.29, 1.82) is 0 Å². The average Bonchev–Trinajstić information content (AvgIpc) is 3.04. The van der Waals surface area contributed by atoms with E-state index in [1.807, 2.05) is 6.07 Å². The maximum Gasteiger partial charge on any atom is 0.416 e. The standard InChI is InChI=1S/C17H9F3N2OS/c18-17(19,20)11-6-2-1-5-10(11)9-14-15(23)22-13-8-4-3-7-12(13)21-16(22)24-14/h1-9H/b14-9-. The predicted molar refractivity (Wildman–Crippen MR) is 87.1 cm³/mol. The molecule has 3 nitrogen and oxygen atoms in total. The molecule has 0 aliphatic heterocycles. The lowest BCUT2D eigenvalue weighted by molar-refractivity contribution is -0.137. The SMILES string of the molecule is O=c1/c(=C/c2ccccc2C(F)(F)F)sc2nc3ccccc3n12. The minimum absolute atomic E-state index is 0.0316. The molecular weight excluding hydrogens is 337 g/mol. The minimum atomic E-state index is -4.47. The summed E-state index contributed by atoms with van der Waals surface area (Å²) in [5.74, 6) is 0. The molecule has 4 aromatic rings. The van der Waals surface area contributed by atoms with Crippen molar-refractivity contribution in [2.45, 2.75) is 6.18 Å². The molecule has 0 saturated carbocycles. The maximum atomic E-state index is 13.1. The summed E-state index contributed by atoms with van der Waals surface area (Å²) >= 11 is 1.08. The highest BCUT2D eigenvalue weighted by Gasteiger charge is 2.32. The fourth-order valence-electron chi connectivity index (χ4n) is 2.63. The Morgan fingerprint density at radius 3 is 2.54 bits per heavy atom. The fraction of sp³-hybridized carbons (Fsp3) is 0.0588. The van der Waals surface area contributed by atoms with Crippen molar-refractivity contribution in [3.63, 3.8) is 0 Å². The van der Waals surface area contributed by atoms with Gasteiger partial charge >= 0.3 is 6.18 Å². The predicted octanol–water partition coefficient (Wildman–Crippen LogP) is 3.48. The fourth-order valence-corrected chi connectivity index (χ4v) is 3.61. The summed E-state index contributed by atoms with van der Waals surface area (Å²) in [6, 6.07) is 12.3. The third-order valence-corrected chi connectivity index (χ3v) is 4.67. The number of hydrogen-bond acceptors (Lipinski definition) is 3. The van der Waals surface area contributed by atoms with E-state index in [0.29, 0.717) is 16.0 Å². The smallest absolute Gasteiger partial charge is 0.267 e. The number of alkyl halides is 3. The van der Waals surface area contributed by atoms with E-state index in [4.69, 9.17) is 0 Å². The second kappa shape index (κ2) is 5.17. The van der Waals surface area contributed by atoms with Crippen LogP contribution in [0.2, 0.25) is 0 Å². The third kappa shape index (κ3) is 2.28. The number of halogens is 3. The summed E-state index contributed by atoms with van der Waals surface area (Å²) in [5.41, 5.74) is 0.178. The van der Waals surface area contributed by atoms with Gasteiger partial charge in [0.25, 0.3) is 5.56 Å². The highest BCUT2D eigenvalue weighted by molar-refractivity contribution is 7.15. The van der Waals surface area contributed by atoms with Crippen LogP contribution < -0.4 is 10.1 Å². The number of benzene rings is 2. The average molecular weight is 346 g/mol. The second-order valence-electron chi connectivity index (χ2n) is 5.22. The lowest BCUT2D eigenvalue weighted by Crippen LogP contribution is -2.23. The van der Waals surface area contributed by atoms with Gasteiger partial charge in [-0.2, -0.15) is 13.2 Å². The summed E-state index contributed by atoms with van der Waals surface area (Å²) in [6.07, 6.45) is -3.19. The molecular formula is C17H9F3N2OS. The van der Waals surface area contributed by atoms with E-state index in [2.05, 4.69) is 4.98 Å². The van der Waals surface area contributed by atoms with Gasteiger partial charge in [-0.1, -0.05) is 41.7 Å². The normalized spacial score (nSPS) is 13.2. The Labute approximate surface area is 137 Å². The van der Waals surface area contributed by atoms with Crippen LogP contribution in [0, 0.1) is 0 Å². The largest absolute Gasteiger partial charge is 0.416 e. The molecule has 0 bridgehead atoms. The Morgan fingerprint density at radius 2 is 1.75 bits per heavy atom. The van der Waals surface area contributed by atoms with Crippen LogP contribution in [-0.2, 0) is 6.18 Å². The second-order valence-corrected chi connectivity index (χ2v) is 6.23. The van der Waals surface area contributed by atoms with E-state index in [1.165, 1.54) is 28.7 Å². The topological polar surface area (TPSA) is 34.4 Å². The minimum Gasteiger partial charge on any atom is -0.267 e.